The first-order valence-electron chi connectivity index (χ1n) is 6.54. The first-order chi connectivity index (χ1) is 9.72. The van der Waals surface area contributed by atoms with Crippen molar-refractivity contribution in [3.63, 3.8) is 0 Å². The van der Waals surface area contributed by atoms with Crippen LogP contribution in [0.4, 0.5) is 0 Å². The lowest BCUT2D eigenvalue weighted by atomic mass is 10.2. The van der Waals surface area contributed by atoms with Gasteiger partial charge in [0.2, 0.25) is 0 Å². The molecule has 3 aromatic rings. The fraction of sp³-hybridized carbons (Fsp3) is 0.200. The summed E-state index contributed by atoms with van der Waals surface area (Å²) in [5, 5.41) is 0.719. The minimum atomic E-state index is 0.423. The van der Waals surface area contributed by atoms with E-state index in [9.17, 15) is 0 Å². The van der Waals surface area contributed by atoms with Crippen LogP contribution in [0.3, 0.4) is 0 Å². The second-order valence-corrected chi connectivity index (χ2v) is 4.99. The highest BCUT2D eigenvalue weighted by Gasteiger charge is 2.12. The van der Waals surface area contributed by atoms with Gasteiger partial charge in [0, 0.05) is 29.9 Å². The van der Waals surface area contributed by atoms with Gasteiger partial charge in [-0.25, -0.2) is 4.98 Å². The van der Waals surface area contributed by atoms with Crippen LogP contribution in [0.1, 0.15) is 12.6 Å². The molecule has 0 bridgehead atoms. The molecular formula is C15H15ClN4. The Balaban J connectivity index is 2.24. The molecule has 0 radical (unpaired) electrons. The molecule has 1 aromatic carbocycles. The lowest BCUT2D eigenvalue weighted by Gasteiger charge is -2.07. The highest BCUT2D eigenvalue weighted by Crippen LogP contribution is 2.26. The second kappa shape index (κ2) is 5.23. The fourth-order valence-electron chi connectivity index (χ4n) is 2.37. The SMILES string of the molecule is CCn1c(-c2ccnc(CN)c2)nc2ccc(Cl)cc21. The van der Waals surface area contributed by atoms with Crippen LogP contribution in [-0.2, 0) is 13.1 Å². The molecule has 0 atom stereocenters. The molecule has 20 heavy (non-hydrogen) atoms. The number of aromatic nitrogens is 3. The van der Waals surface area contributed by atoms with Crippen molar-refractivity contribution >= 4 is 22.6 Å². The van der Waals surface area contributed by atoms with Crippen molar-refractivity contribution in [2.24, 2.45) is 5.73 Å². The van der Waals surface area contributed by atoms with Gasteiger partial charge in [-0.3, -0.25) is 4.98 Å². The molecule has 102 valence electrons. The number of benzene rings is 1. The predicted octanol–water partition coefficient (Wildman–Crippen LogP) is 3.23. The standard InChI is InChI=1S/C15H15ClN4/c1-2-20-14-8-11(16)3-4-13(14)19-15(20)10-5-6-18-12(7-10)9-17/h3-8H,2,9,17H2,1H3. The van der Waals surface area contributed by atoms with E-state index in [0.717, 1.165) is 39.7 Å². The lowest BCUT2D eigenvalue weighted by Crippen LogP contribution is -2.01. The van der Waals surface area contributed by atoms with Gasteiger partial charge in [0.25, 0.3) is 0 Å². The third-order valence-electron chi connectivity index (χ3n) is 3.31. The predicted molar refractivity (Wildman–Crippen MR) is 81.5 cm³/mol. The van der Waals surface area contributed by atoms with E-state index >= 15 is 0 Å². The van der Waals surface area contributed by atoms with Crippen LogP contribution < -0.4 is 5.73 Å². The molecule has 0 saturated heterocycles. The summed E-state index contributed by atoms with van der Waals surface area (Å²) in [6, 6.07) is 9.68. The molecule has 0 saturated carbocycles. The Morgan fingerprint density at radius 3 is 2.85 bits per heavy atom. The third-order valence-corrected chi connectivity index (χ3v) is 3.55. The van der Waals surface area contributed by atoms with Crippen molar-refractivity contribution in [1.82, 2.24) is 14.5 Å². The molecule has 0 aliphatic rings. The minimum absolute atomic E-state index is 0.423. The topological polar surface area (TPSA) is 56.7 Å². The molecule has 0 unspecified atom stereocenters. The number of rotatable bonds is 3. The van der Waals surface area contributed by atoms with E-state index in [1.807, 2.05) is 30.3 Å². The van der Waals surface area contributed by atoms with Gasteiger partial charge in [-0.15, -0.1) is 0 Å². The average molecular weight is 287 g/mol. The Labute approximate surface area is 122 Å². The van der Waals surface area contributed by atoms with Gasteiger partial charge in [-0.1, -0.05) is 11.6 Å². The Kier molecular flexibility index (Phi) is 3.42. The van der Waals surface area contributed by atoms with Gasteiger partial charge in [-0.2, -0.15) is 0 Å². The largest absolute Gasteiger partial charge is 0.325 e. The third kappa shape index (κ3) is 2.17. The van der Waals surface area contributed by atoms with Gasteiger partial charge >= 0.3 is 0 Å². The molecule has 2 aromatic heterocycles. The first-order valence-corrected chi connectivity index (χ1v) is 6.92. The van der Waals surface area contributed by atoms with Crippen molar-refractivity contribution in [2.45, 2.75) is 20.0 Å². The molecule has 3 rings (SSSR count). The number of hydrogen-bond donors (Lipinski definition) is 1. The Morgan fingerprint density at radius 1 is 1.25 bits per heavy atom. The Hall–Kier alpha value is -1.91. The van der Waals surface area contributed by atoms with Gasteiger partial charge in [-0.05, 0) is 37.3 Å². The van der Waals surface area contributed by atoms with Crippen LogP contribution in [0.25, 0.3) is 22.4 Å². The van der Waals surface area contributed by atoms with Crippen molar-refractivity contribution in [3.05, 3.63) is 47.2 Å². The highest BCUT2D eigenvalue weighted by molar-refractivity contribution is 6.31. The molecule has 0 aliphatic heterocycles. The monoisotopic (exact) mass is 286 g/mol. The molecule has 2 N–H and O–H groups in total. The van der Waals surface area contributed by atoms with E-state index in [2.05, 4.69) is 16.5 Å². The van der Waals surface area contributed by atoms with Gasteiger partial charge in [0.1, 0.15) is 5.82 Å². The Bertz CT molecular complexity index is 764. The van der Waals surface area contributed by atoms with E-state index in [0.29, 0.717) is 6.54 Å². The number of aryl methyl sites for hydroxylation is 1. The molecule has 0 spiro atoms. The summed E-state index contributed by atoms with van der Waals surface area (Å²) in [6.07, 6.45) is 1.77. The van der Waals surface area contributed by atoms with Gasteiger partial charge in [0.05, 0.1) is 16.7 Å². The van der Waals surface area contributed by atoms with Gasteiger partial charge < -0.3 is 10.3 Å². The van der Waals surface area contributed by atoms with Crippen molar-refractivity contribution in [3.8, 4) is 11.4 Å². The fourth-order valence-corrected chi connectivity index (χ4v) is 2.53. The maximum Gasteiger partial charge on any atom is 0.141 e. The number of imidazole rings is 1. The average Bonchev–Trinajstić information content (AvgIpc) is 2.85. The minimum Gasteiger partial charge on any atom is -0.325 e. The van der Waals surface area contributed by atoms with Crippen LogP contribution >= 0.6 is 11.6 Å². The Morgan fingerprint density at radius 2 is 2.10 bits per heavy atom. The van der Waals surface area contributed by atoms with Crippen LogP contribution in [-0.4, -0.2) is 14.5 Å². The zero-order valence-corrected chi connectivity index (χ0v) is 11.9. The quantitative estimate of drug-likeness (QED) is 0.804. The molecule has 0 amide bonds. The molecule has 0 aliphatic carbocycles. The molecule has 4 nitrogen and oxygen atoms in total. The normalized spacial score (nSPS) is 11.2. The lowest BCUT2D eigenvalue weighted by molar-refractivity contribution is 0.795. The number of halogens is 1. The summed E-state index contributed by atoms with van der Waals surface area (Å²) < 4.78 is 2.15. The summed E-state index contributed by atoms with van der Waals surface area (Å²) in [6.45, 7) is 3.34. The number of hydrogen-bond acceptors (Lipinski definition) is 3. The number of fused-ring (bicyclic) bond motifs is 1. The number of nitrogens with zero attached hydrogens (tertiary/aromatic N) is 3. The van der Waals surface area contributed by atoms with E-state index < -0.39 is 0 Å². The summed E-state index contributed by atoms with van der Waals surface area (Å²) in [5.41, 5.74) is 9.52. The first kappa shape index (κ1) is 13.1. The van der Waals surface area contributed by atoms with Gasteiger partial charge in [0.15, 0.2) is 0 Å². The second-order valence-electron chi connectivity index (χ2n) is 4.55. The van der Waals surface area contributed by atoms with E-state index in [4.69, 9.17) is 22.3 Å². The summed E-state index contributed by atoms with van der Waals surface area (Å²) in [4.78, 5) is 8.93. The zero-order chi connectivity index (χ0) is 14.1. The highest BCUT2D eigenvalue weighted by atomic mass is 35.5. The van der Waals surface area contributed by atoms with Crippen molar-refractivity contribution in [1.29, 1.82) is 0 Å². The molecular weight excluding hydrogens is 272 g/mol. The van der Waals surface area contributed by atoms with E-state index in [1.165, 1.54) is 0 Å². The van der Waals surface area contributed by atoms with Crippen molar-refractivity contribution in [2.75, 3.05) is 0 Å². The van der Waals surface area contributed by atoms with E-state index in [-0.39, 0.29) is 0 Å². The van der Waals surface area contributed by atoms with Crippen LogP contribution in [0.15, 0.2) is 36.5 Å². The maximum atomic E-state index is 6.08. The van der Waals surface area contributed by atoms with E-state index in [1.54, 1.807) is 6.20 Å². The summed E-state index contributed by atoms with van der Waals surface area (Å²) in [5.74, 6) is 0.918. The number of pyridine rings is 1. The number of nitrogens with two attached hydrogens (primary N) is 1. The zero-order valence-electron chi connectivity index (χ0n) is 11.2. The molecule has 0 fully saturated rings. The molecule has 5 heteroatoms. The smallest absolute Gasteiger partial charge is 0.141 e. The van der Waals surface area contributed by atoms with Crippen LogP contribution in [0, 0.1) is 0 Å². The summed E-state index contributed by atoms with van der Waals surface area (Å²) >= 11 is 6.08. The van der Waals surface area contributed by atoms with Crippen LogP contribution in [0.2, 0.25) is 5.02 Å². The van der Waals surface area contributed by atoms with Crippen molar-refractivity contribution < 1.29 is 0 Å². The maximum absolute atomic E-state index is 6.08. The van der Waals surface area contributed by atoms with Crippen LogP contribution in [0.5, 0.6) is 0 Å². The summed E-state index contributed by atoms with van der Waals surface area (Å²) in [7, 11) is 0. The molecule has 2 heterocycles.